The van der Waals surface area contributed by atoms with Gasteiger partial charge in [0.1, 0.15) is 11.2 Å². The summed E-state index contributed by atoms with van der Waals surface area (Å²) in [6.07, 6.45) is 0. The third-order valence-electron chi connectivity index (χ3n) is 18.3. The zero-order valence-electron chi connectivity index (χ0n) is 47.2. The number of benzene rings is 12. The van der Waals surface area contributed by atoms with Gasteiger partial charge in [-0.15, -0.1) is 0 Å². The molecule has 0 bridgehead atoms. The molecule has 0 fully saturated rings. The summed E-state index contributed by atoms with van der Waals surface area (Å²) < 4.78 is 14.0. The van der Waals surface area contributed by atoms with Gasteiger partial charge in [0.2, 0.25) is 0 Å². The van der Waals surface area contributed by atoms with Gasteiger partial charge >= 0.3 is 0 Å². The van der Waals surface area contributed by atoms with E-state index in [4.69, 9.17) is 8.83 Å². The quantitative estimate of drug-likeness (QED) is 0.159. The molecule has 82 heavy (non-hydrogen) atoms. The fourth-order valence-electron chi connectivity index (χ4n) is 14.5. The summed E-state index contributed by atoms with van der Waals surface area (Å²) >= 11 is 0. The van der Waals surface area contributed by atoms with Crippen molar-refractivity contribution < 1.29 is 8.83 Å². The van der Waals surface area contributed by atoms with E-state index in [1.165, 1.54) is 71.6 Å². The van der Waals surface area contributed by atoms with Crippen LogP contribution in [0.5, 0.6) is 0 Å². The number of para-hydroxylation sites is 6. The average Bonchev–Trinajstić information content (AvgIpc) is 2.28. The second-order valence-corrected chi connectivity index (χ2v) is 24.8. The van der Waals surface area contributed by atoms with E-state index >= 15 is 0 Å². The summed E-state index contributed by atoms with van der Waals surface area (Å²) in [6.45, 7) is 16.5. The number of furan rings is 2. The summed E-state index contributed by atoms with van der Waals surface area (Å²) in [4.78, 5) is 4.73. The molecule has 0 aliphatic heterocycles. The summed E-state index contributed by atoms with van der Waals surface area (Å²) in [5.74, 6) is 0. The first-order valence-electron chi connectivity index (χ1n) is 28.8. The van der Waals surface area contributed by atoms with Crippen LogP contribution in [-0.4, -0.2) is 0 Å². The molecule has 0 unspecified atom stereocenters. The van der Waals surface area contributed by atoms with Crippen LogP contribution >= 0.6 is 0 Å². The molecule has 0 amide bonds. The molecule has 4 heteroatoms. The van der Waals surface area contributed by atoms with Crippen molar-refractivity contribution in [3.63, 3.8) is 0 Å². The van der Waals surface area contributed by atoms with Crippen molar-refractivity contribution in [3.8, 4) is 33.4 Å². The predicted octanol–water partition coefficient (Wildman–Crippen LogP) is 22.3. The molecule has 12 aromatic carbocycles. The van der Waals surface area contributed by atoms with Gasteiger partial charge in [0, 0.05) is 66.3 Å². The SMILES string of the molecule is CC(C)(C)c1cccc2c1oc1c(N(c3ccccc3)c3ccc4c5c(ccc4c3)-c3cc4c(cc3C5(C)C)-c3ccc5cc(N(c6ccccc6)c6cccc7c6oc6c(-c8ccccc8)cccc67)ccc5c3C4(C)C)cccc12. The fraction of sp³-hybridized carbons (Fsp3) is 0.128. The molecule has 0 N–H and O–H groups in total. The van der Waals surface area contributed by atoms with Gasteiger partial charge in [0.25, 0.3) is 0 Å². The van der Waals surface area contributed by atoms with Crippen molar-refractivity contribution in [1.82, 2.24) is 0 Å². The van der Waals surface area contributed by atoms with E-state index in [0.717, 1.165) is 89.1 Å². The van der Waals surface area contributed by atoms with Gasteiger partial charge in [-0.25, -0.2) is 0 Å². The number of hydrogen-bond acceptors (Lipinski definition) is 4. The molecule has 0 atom stereocenters. The topological polar surface area (TPSA) is 32.8 Å². The molecular weight excluding hydrogens is 997 g/mol. The molecule has 14 aromatic rings. The van der Waals surface area contributed by atoms with Crippen LogP contribution in [-0.2, 0) is 16.2 Å². The summed E-state index contributed by atoms with van der Waals surface area (Å²) in [5, 5.41) is 9.46. The Kier molecular flexibility index (Phi) is 10.3. The first kappa shape index (κ1) is 48.3. The van der Waals surface area contributed by atoms with Gasteiger partial charge in [-0.3, -0.25) is 0 Å². The van der Waals surface area contributed by atoms with E-state index in [2.05, 4.69) is 295 Å². The maximum Gasteiger partial charge on any atom is 0.159 e. The first-order valence-corrected chi connectivity index (χ1v) is 28.8. The molecule has 0 spiro atoms. The molecule has 0 saturated carbocycles. The van der Waals surface area contributed by atoms with Crippen molar-refractivity contribution in [3.05, 3.63) is 264 Å². The normalized spacial score (nSPS) is 14.0. The minimum atomic E-state index is -0.257. The zero-order valence-corrected chi connectivity index (χ0v) is 47.2. The predicted molar refractivity (Wildman–Crippen MR) is 345 cm³/mol. The first-order chi connectivity index (χ1) is 39.8. The molecule has 4 nitrogen and oxygen atoms in total. The van der Waals surface area contributed by atoms with Crippen molar-refractivity contribution in [1.29, 1.82) is 0 Å². The minimum absolute atomic E-state index is 0.0719. The molecule has 0 saturated heterocycles. The number of nitrogens with zero attached hydrogens (tertiary/aromatic N) is 2. The summed E-state index contributed by atoms with van der Waals surface area (Å²) in [7, 11) is 0. The van der Waals surface area contributed by atoms with E-state index in [-0.39, 0.29) is 16.2 Å². The molecule has 0 radical (unpaired) electrons. The summed E-state index contributed by atoms with van der Waals surface area (Å²) in [6, 6.07) is 86.8. The average molecular weight is 1060 g/mol. The van der Waals surface area contributed by atoms with Gasteiger partial charge in [0.15, 0.2) is 11.2 Å². The van der Waals surface area contributed by atoms with E-state index in [1.807, 2.05) is 0 Å². The lowest BCUT2D eigenvalue weighted by Crippen LogP contribution is -2.17. The van der Waals surface area contributed by atoms with Crippen LogP contribution < -0.4 is 9.80 Å². The highest BCUT2D eigenvalue weighted by atomic mass is 16.3. The van der Waals surface area contributed by atoms with Crippen LogP contribution in [0.15, 0.2) is 245 Å². The number of rotatable bonds is 7. The highest BCUT2D eigenvalue weighted by molar-refractivity contribution is 6.15. The monoisotopic (exact) mass is 1060 g/mol. The van der Waals surface area contributed by atoms with E-state index in [1.54, 1.807) is 0 Å². The molecule has 2 aromatic heterocycles. The standard InChI is InChI=1S/C78H60N2O2/c1-76(2,3)65-32-18-29-60-62-31-20-34-69(75(62)82-73(60)65)80(51-25-15-10-16-26-51)53-38-42-55-49(44-53)36-40-58-64-46-66-63(45-67(64)78(6,7)71(55)58)57-39-35-48-43-52(37-41-54(48)70(57)77(66,4)5)79(50-23-13-9-14-24-50)68-33-19-30-61-59-28-17-27-56(72(59)81-74(61)68)47-21-11-8-12-22-47/h8-46H,1-7H3. The van der Waals surface area contributed by atoms with Crippen molar-refractivity contribution in [2.24, 2.45) is 0 Å². The largest absolute Gasteiger partial charge is 0.454 e. The fourth-order valence-corrected chi connectivity index (χ4v) is 14.5. The van der Waals surface area contributed by atoms with Crippen molar-refractivity contribution in [2.45, 2.75) is 64.7 Å². The van der Waals surface area contributed by atoms with Crippen molar-refractivity contribution in [2.75, 3.05) is 9.80 Å². The van der Waals surface area contributed by atoms with Crippen LogP contribution in [0.4, 0.5) is 34.1 Å². The number of hydrogen-bond donors (Lipinski definition) is 0. The van der Waals surface area contributed by atoms with E-state index in [9.17, 15) is 0 Å². The molecule has 2 aliphatic carbocycles. The zero-order chi connectivity index (χ0) is 55.4. The van der Waals surface area contributed by atoms with Crippen LogP contribution in [0, 0.1) is 0 Å². The Balaban J connectivity index is 0.784. The highest BCUT2D eigenvalue weighted by Gasteiger charge is 2.43. The Hall–Kier alpha value is -9.64. The number of fused-ring (bicyclic) bond motifs is 16. The smallest absolute Gasteiger partial charge is 0.159 e. The highest BCUT2D eigenvalue weighted by Crippen LogP contribution is 2.59. The molecule has 2 heterocycles. The third-order valence-corrected chi connectivity index (χ3v) is 18.3. The van der Waals surface area contributed by atoms with Crippen molar-refractivity contribution >= 4 is 99.5 Å². The second kappa shape index (κ2) is 17.4. The van der Waals surface area contributed by atoms with Gasteiger partial charge in [-0.05, 0) is 150 Å². The minimum Gasteiger partial charge on any atom is -0.454 e. The lowest BCUT2D eigenvalue weighted by Gasteiger charge is -2.27. The van der Waals surface area contributed by atoms with Gasteiger partial charge in [-0.2, -0.15) is 0 Å². The Morgan fingerprint density at radius 3 is 1.23 bits per heavy atom. The number of anilines is 6. The second-order valence-electron chi connectivity index (χ2n) is 24.8. The van der Waals surface area contributed by atoms with Crippen LogP contribution in [0.2, 0.25) is 0 Å². The molecular formula is C78H60N2O2. The lowest BCUT2D eigenvalue weighted by atomic mass is 9.78. The lowest BCUT2D eigenvalue weighted by molar-refractivity contribution is 0.573. The molecule has 16 rings (SSSR count). The maximum atomic E-state index is 7.02. The Bertz CT molecular complexity index is 4960. The Morgan fingerprint density at radius 1 is 0.317 bits per heavy atom. The van der Waals surface area contributed by atoms with Gasteiger partial charge in [-0.1, -0.05) is 212 Å². The van der Waals surface area contributed by atoms with E-state index in [0.29, 0.717) is 0 Å². The third kappa shape index (κ3) is 6.97. The van der Waals surface area contributed by atoms with Crippen LogP contribution in [0.1, 0.15) is 76.3 Å². The summed E-state index contributed by atoms with van der Waals surface area (Å²) in [5.41, 5.74) is 23.6. The Labute approximate surface area is 478 Å². The Morgan fingerprint density at radius 2 is 0.744 bits per heavy atom. The maximum absolute atomic E-state index is 7.02. The molecule has 2 aliphatic rings. The van der Waals surface area contributed by atoms with Crippen LogP contribution in [0.25, 0.3) is 98.8 Å². The van der Waals surface area contributed by atoms with Gasteiger partial charge < -0.3 is 18.6 Å². The van der Waals surface area contributed by atoms with Crippen LogP contribution in [0.3, 0.4) is 0 Å². The van der Waals surface area contributed by atoms with E-state index < -0.39 is 0 Å². The molecule has 394 valence electrons. The van der Waals surface area contributed by atoms with Gasteiger partial charge in [0.05, 0.1) is 11.4 Å².